The van der Waals surface area contributed by atoms with E-state index in [1.807, 2.05) is 31.2 Å². The molecule has 132 valence electrons. The van der Waals surface area contributed by atoms with Crippen molar-refractivity contribution in [3.63, 3.8) is 0 Å². The summed E-state index contributed by atoms with van der Waals surface area (Å²) < 4.78 is 5.23. The minimum atomic E-state index is -0.291. The van der Waals surface area contributed by atoms with Gasteiger partial charge >= 0.3 is 0 Å². The predicted octanol–water partition coefficient (Wildman–Crippen LogP) is 5.05. The first-order chi connectivity index (χ1) is 12.6. The monoisotopic (exact) mass is 367 g/mol. The van der Waals surface area contributed by atoms with Crippen molar-refractivity contribution in [1.82, 2.24) is 4.98 Å². The Labute approximate surface area is 157 Å². The Bertz CT molecular complexity index is 927. The molecule has 1 aromatic heterocycles. The summed E-state index contributed by atoms with van der Waals surface area (Å²) in [5.74, 6) is 0.908. The van der Waals surface area contributed by atoms with Crippen LogP contribution in [0.5, 0.6) is 5.75 Å². The fraction of sp³-hybridized carbons (Fsp3) is 0.100. The van der Waals surface area contributed by atoms with E-state index in [1.54, 1.807) is 30.3 Å². The summed E-state index contributed by atoms with van der Waals surface area (Å²) in [7, 11) is 1.53. The number of para-hydroxylation sites is 1. The molecule has 0 bridgehead atoms. The SMILES string of the molecule is COc1ccc(Cl)cc1NC(=O)c1ccc(Nc2ccccc2C)nc1. The molecule has 0 unspecified atom stereocenters. The molecule has 0 aliphatic heterocycles. The Hall–Kier alpha value is -3.05. The summed E-state index contributed by atoms with van der Waals surface area (Å²) in [5, 5.41) is 6.53. The van der Waals surface area contributed by atoms with Crippen LogP contribution in [0.2, 0.25) is 5.02 Å². The van der Waals surface area contributed by atoms with Gasteiger partial charge in [0.2, 0.25) is 0 Å². The molecular weight excluding hydrogens is 350 g/mol. The smallest absolute Gasteiger partial charge is 0.257 e. The molecular formula is C20H18ClN3O2. The summed E-state index contributed by atoms with van der Waals surface area (Å²) in [6.45, 7) is 2.02. The van der Waals surface area contributed by atoms with Crippen LogP contribution in [0, 0.1) is 6.92 Å². The number of aryl methyl sites for hydroxylation is 1. The van der Waals surface area contributed by atoms with Gasteiger partial charge in [0.15, 0.2) is 0 Å². The number of nitrogens with zero attached hydrogens (tertiary/aromatic N) is 1. The second kappa shape index (κ2) is 7.89. The normalized spacial score (nSPS) is 10.3. The van der Waals surface area contributed by atoms with E-state index < -0.39 is 0 Å². The predicted molar refractivity (Wildman–Crippen MR) is 105 cm³/mol. The number of carbonyl (C=O) groups is 1. The molecule has 0 fully saturated rings. The molecule has 26 heavy (non-hydrogen) atoms. The number of carbonyl (C=O) groups excluding carboxylic acids is 1. The number of hydrogen-bond donors (Lipinski definition) is 2. The van der Waals surface area contributed by atoms with Gasteiger partial charge in [0.25, 0.3) is 5.91 Å². The number of hydrogen-bond acceptors (Lipinski definition) is 4. The van der Waals surface area contributed by atoms with E-state index in [0.29, 0.717) is 27.8 Å². The molecule has 5 nitrogen and oxygen atoms in total. The fourth-order valence-corrected chi connectivity index (χ4v) is 2.60. The number of rotatable bonds is 5. The van der Waals surface area contributed by atoms with E-state index in [9.17, 15) is 4.79 Å². The van der Waals surface area contributed by atoms with Gasteiger partial charge in [0, 0.05) is 16.9 Å². The van der Waals surface area contributed by atoms with Crippen LogP contribution in [-0.2, 0) is 0 Å². The molecule has 0 saturated heterocycles. The van der Waals surface area contributed by atoms with Crippen LogP contribution < -0.4 is 15.4 Å². The van der Waals surface area contributed by atoms with Gasteiger partial charge in [-0.05, 0) is 48.9 Å². The molecule has 0 aliphatic carbocycles. The van der Waals surface area contributed by atoms with Crippen molar-refractivity contribution < 1.29 is 9.53 Å². The van der Waals surface area contributed by atoms with Gasteiger partial charge in [0.05, 0.1) is 18.4 Å². The van der Waals surface area contributed by atoms with E-state index in [0.717, 1.165) is 11.3 Å². The van der Waals surface area contributed by atoms with Crippen LogP contribution in [0.1, 0.15) is 15.9 Å². The second-order valence-corrected chi connectivity index (χ2v) is 6.11. The Balaban J connectivity index is 1.73. The van der Waals surface area contributed by atoms with Gasteiger partial charge in [-0.25, -0.2) is 4.98 Å². The van der Waals surface area contributed by atoms with E-state index >= 15 is 0 Å². The van der Waals surface area contributed by atoms with Crippen LogP contribution in [0.4, 0.5) is 17.2 Å². The zero-order chi connectivity index (χ0) is 18.5. The summed E-state index contributed by atoms with van der Waals surface area (Å²) in [5.41, 5.74) is 3.03. The van der Waals surface area contributed by atoms with Crippen molar-refractivity contribution in [3.05, 3.63) is 76.9 Å². The molecule has 2 N–H and O–H groups in total. The number of halogens is 1. The van der Waals surface area contributed by atoms with Crippen molar-refractivity contribution in [2.75, 3.05) is 17.7 Å². The van der Waals surface area contributed by atoms with Crippen molar-refractivity contribution >= 4 is 34.7 Å². The molecule has 6 heteroatoms. The number of methoxy groups -OCH3 is 1. The van der Waals surface area contributed by atoms with Crippen LogP contribution in [-0.4, -0.2) is 18.0 Å². The molecule has 0 saturated carbocycles. The maximum Gasteiger partial charge on any atom is 0.257 e. The average molecular weight is 368 g/mol. The maximum atomic E-state index is 12.4. The fourth-order valence-electron chi connectivity index (χ4n) is 2.43. The lowest BCUT2D eigenvalue weighted by atomic mass is 10.2. The second-order valence-electron chi connectivity index (χ2n) is 5.67. The number of benzene rings is 2. The lowest BCUT2D eigenvalue weighted by molar-refractivity contribution is 0.102. The van der Waals surface area contributed by atoms with E-state index in [1.165, 1.54) is 13.3 Å². The Morgan fingerprint density at radius 2 is 1.88 bits per heavy atom. The number of amides is 1. The standard InChI is InChI=1S/C20H18ClN3O2/c1-13-5-3-4-6-16(13)23-19-10-7-14(12-22-19)20(25)24-17-11-15(21)8-9-18(17)26-2/h3-12H,1-2H3,(H,22,23)(H,24,25). The van der Waals surface area contributed by atoms with Gasteiger partial charge < -0.3 is 15.4 Å². The molecule has 0 atom stereocenters. The van der Waals surface area contributed by atoms with Gasteiger partial charge in [-0.1, -0.05) is 29.8 Å². The van der Waals surface area contributed by atoms with Crippen molar-refractivity contribution in [2.24, 2.45) is 0 Å². The summed E-state index contributed by atoms with van der Waals surface area (Å²) >= 11 is 5.99. The quantitative estimate of drug-likeness (QED) is 0.662. The van der Waals surface area contributed by atoms with E-state index in [2.05, 4.69) is 15.6 Å². The highest BCUT2D eigenvalue weighted by Gasteiger charge is 2.11. The third-order valence-electron chi connectivity index (χ3n) is 3.84. The van der Waals surface area contributed by atoms with Crippen molar-refractivity contribution in [1.29, 1.82) is 0 Å². The van der Waals surface area contributed by atoms with Gasteiger partial charge in [0.1, 0.15) is 11.6 Å². The topological polar surface area (TPSA) is 63.2 Å². The first-order valence-corrected chi connectivity index (χ1v) is 8.38. The highest BCUT2D eigenvalue weighted by molar-refractivity contribution is 6.31. The molecule has 3 rings (SSSR count). The maximum absolute atomic E-state index is 12.4. The average Bonchev–Trinajstić information content (AvgIpc) is 2.64. The van der Waals surface area contributed by atoms with Crippen LogP contribution >= 0.6 is 11.6 Å². The summed E-state index contributed by atoms with van der Waals surface area (Å²) in [6.07, 6.45) is 1.52. The zero-order valence-corrected chi connectivity index (χ0v) is 15.2. The van der Waals surface area contributed by atoms with Crippen molar-refractivity contribution in [2.45, 2.75) is 6.92 Å². The number of anilines is 3. The van der Waals surface area contributed by atoms with Gasteiger partial charge in [-0.15, -0.1) is 0 Å². The van der Waals surface area contributed by atoms with Crippen molar-refractivity contribution in [3.8, 4) is 5.75 Å². The number of pyridine rings is 1. The molecule has 2 aromatic carbocycles. The molecule has 1 heterocycles. The number of ether oxygens (including phenoxy) is 1. The van der Waals surface area contributed by atoms with Crippen LogP contribution in [0.25, 0.3) is 0 Å². The van der Waals surface area contributed by atoms with Crippen LogP contribution in [0.3, 0.4) is 0 Å². The molecule has 0 aliphatic rings. The van der Waals surface area contributed by atoms with Gasteiger partial charge in [-0.2, -0.15) is 0 Å². The molecule has 0 spiro atoms. The highest BCUT2D eigenvalue weighted by Crippen LogP contribution is 2.28. The highest BCUT2D eigenvalue weighted by atomic mass is 35.5. The molecule has 1 amide bonds. The largest absolute Gasteiger partial charge is 0.495 e. The minimum absolute atomic E-state index is 0.291. The minimum Gasteiger partial charge on any atom is -0.495 e. The lowest BCUT2D eigenvalue weighted by Gasteiger charge is -2.11. The Kier molecular flexibility index (Phi) is 5.39. The van der Waals surface area contributed by atoms with Gasteiger partial charge in [-0.3, -0.25) is 4.79 Å². The summed E-state index contributed by atoms with van der Waals surface area (Å²) in [6, 6.07) is 16.4. The third-order valence-corrected chi connectivity index (χ3v) is 4.08. The Morgan fingerprint density at radius 1 is 1.08 bits per heavy atom. The van der Waals surface area contributed by atoms with E-state index in [4.69, 9.17) is 16.3 Å². The van der Waals surface area contributed by atoms with E-state index in [-0.39, 0.29) is 5.91 Å². The zero-order valence-electron chi connectivity index (χ0n) is 14.4. The Morgan fingerprint density at radius 3 is 2.58 bits per heavy atom. The molecule has 3 aromatic rings. The first kappa shape index (κ1) is 17.8. The third kappa shape index (κ3) is 4.13. The number of aromatic nitrogens is 1. The summed E-state index contributed by atoms with van der Waals surface area (Å²) in [4.78, 5) is 16.8. The first-order valence-electron chi connectivity index (χ1n) is 8.00. The number of nitrogens with one attached hydrogen (secondary N) is 2. The molecule has 0 radical (unpaired) electrons. The van der Waals surface area contributed by atoms with Crippen LogP contribution in [0.15, 0.2) is 60.8 Å². The lowest BCUT2D eigenvalue weighted by Crippen LogP contribution is -2.13.